The predicted molar refractivity (Wildman–Crippen MR) is 33.6 cm³/mol. The number of thiocarbonyl (C=S) groups is 1. The molecular weight excluding hydrogens is 124 g/mol. The van der Waals surface area contributed by atoms with Crippen molar-refractivity contribution in [2.75, 3.05) is 6.54 Å². The molecule has 0 bridgehead atoms. The molecule has 1 rings (SSSR count). The summed E-state index contributed by atoms with van der Waals surface area (Å²) in [4.78, 5) is 9.99. The van der Waals surface area contributed by atoms with Crippen LogP contribution < -0.4 is 10.6 Å². The van der Waals surface area contributed by atoms with E-state index < -0.39 is 0 Å². The average Bonchev–Trinajstić information content (AvgIpc) is 2.14. The number of carbonyl (C=O) groups excluding carboxylic acids is 1. The molecule has 0 aromatic rings. The molecule has 0 aromatic carbocycles. The van der Waals surface area contributed by atoms with Gasteiger partial charge in [-0.05, 0) is 12.2 Å². The SMILES string of the molecule is O=CC1CNC(=S)N1. The average molecular weight is 130 g/mol. The summed E-state index contributed by atoms with van der Waals surface area (Å²) in [5.74, 6) is 0. The standard InChI is InChI=1S/C4H6N2OS/c7-2-3-1-5-4(8)6-3/h2-3H,1H2,(H2,5,6,8). The zero-order chi connectivity index (χ0) is 5.98. The van der Waals surface area contributed by atoms with Crippen molar-refractivity contribution in [2.45, 2.75) is 6.04 Å². The highest BCUT2D eigenvalue weighted by molar-refractivity contribution is 7.80. The summed E-state index contributed by atoms with van der Waals surface area (Å²) in [5, 5.41) is 6.14. The molecule has 1 unspecified atom stereocenters. The van der Waals surface area contributed by atoms with Crippen LogP contribution in [0, 0.1) is 0 Å². The Kier molecular flexibility index (Phi) is 1.43. The fourth-order valence-electron chi connectivity index (χ4n) is 0.555. The Balaban J connectivity index is 2.43. The zero-order valence-corrected chi connectivity index (χ0v) is 4.99. The quantitative estimate of drug-likeness (QED) is 0.354. The molecule has 44 valence electrons. The van der Waals surface area contributed by atoms with Crippen molar-refractivity contribution in [2.24, 2.45) is 0 Å². The zero-order valence-electron chi connectivity index (χ0n) is 4.18. The Hall–Kier alpha value is -0.640. The van der Waals surface area contributed by atoms with E-state index in [1.807, 2.05) is 0 Å². The lowest BCUT2D eigenvalue weighted by atomic mass is 10.4. The minimum absolute atomic E-state index is 0.109. The van der Waals surface area contributed by atoms with Gasteiger partial charge in [0.1, 0.15) is 12.3 Å². The lowest BCUT2D eigenvalue weighted by molar-refractivity contribution is -0.108. The number of nitrogens with one attached hydrogen (secondary N) is 2. The molecule has 0 aromatic heterocycles. The fraction of sp³-hybridized carbons (Fsp3) is 0.500. The van der Waals surface area contributed by atoms with Crippen LogP contribution >= 0.6 is 12.2 Å². The first kappa shape index (κ1) is 5.50. The molecule has 0 amide bonds. The normalized spacial score (nSPS) is 26.5. The van der Waals surface area contributed by atoms with E-state index in [2.05, 4.69) is 22.9 Å². The Bertz CT molecular complexity index is 125. The topological polar surface area (TPSA) is 41.1 Å². The molecule has 1 heterocycles. The van der Waals surface area contributed by atoms with E-state index in [0.29, 0.717) is 11.7 Å². The van der Waals surface area contributed by atoms with Crippen LogP contribution in [0.2, 0.25) is 0 Å². The number of rotatable bonds is 1. The lowest BCUT2D eigenvalue weighted by Crippen LogP contribution is -2.27. The van der Waals surface area contributed by atoms with Crippen LogP contribution in [0.3, 0.4) is 0 Å². The maximum absolute atomic E-state index is 9.99. The van der Waals surface area contributed by atoms with Gasteiger partial charge < -0.3 is 15.4 Å². The maximum atomic E-state index is 9.99. The van der Waals surface area contributed by atoms with Crippen LogP contribution in [-0.2, 0) is 4.79 Å². The van der Waals surface area contributed by atoms with E-state index in [1.165, 1.54) is 0 Å². The van der Waals surface area contributed by atoms with Crippen LogP contribution in [0.15, 0.2) is 0 Å². The summed E-state index contributed by atoms with van der Waals surface area (Å²) in [6.07, 6.45) is 0.840. The second-order valence-corrected chi connectivity index (χ2v) is 2.01. The second-order valence-electron chi connectivity index (χ2n) is 1.60. The Morgan fingerprint density at radius 1 is 1.88 bits per heavy atom. The van der Waals surface area contributed by atoms with Gasteiger partial charge in [0.2, 0.25) is 0 Å². The van der Waals surface area contributed by atoms with Gasteiger partial charge in [0.25, 0.3) is 0 Å². The van der Waals surface area contributed by atoms with E-state index in [4.69, 9.17) is 0 Å². The summed E-state index contributed by atoms with van der Waals surface area (Å²) >= 11 is 4.68. The number of carbonyl (C=O) groups is 1. The fourth-order valence-corrected chi connectivity index (χ4v) is 0.790. The van der Waals surface area contributed by atoms with Gasteiger partial charge in [-0.15, -0.1) is 0 Å². The molecular formula is C4H6N2OS. The van der Waals surface area contributed by atoms with Gasteiger partial charge >= 0.3 is 0 Å². The third kappa shape index (κ3) is 0.949. The largest absolute Gasteiger partial charge is 0.360 e. The summed E-state index contributed by atoms with van der Waals surface area (Å²) in [7, 11) is 0. The Morgan fingerprint density at radius 2 is 2.62 bits per heavy atom. The smallest absolute Gasteiger partial charge is 0.167 e. The highest BCUT2D eigenvalue weighted by Gasteiger charge is 2.14. The molecule has 8 heavy (non-hydrogen) atoms. The highest BCUT2D eigenvalue weighted by Crippen LogP contribution is 1.84. The van der Waals surface area contributed by atoms with Gasteiger partial charge in [-0.3, -0.25) is 0 Å². The van der Waals surface area contributed by atoms with Gasteiger partial charge in [0, 0.05) is 6.54 Å². The molecule has 0 radical (unpaired) electrons. The van der Waals surface area contributed by atoms with Gasteiger partial charge in [-0.1, -0.05) is 0 Å². The van der Waals surface area contributed by atoms with Gasteiger partial charge in [0.05, 0.1) is 0 Å². The van der Waals surface area contributed by atoms with Crippen molar-refractivity contribution in [3.8, 4) is 0 Å². The van der Waals surface area contributed by atoms with Crippen LogP contribution in [-0.4, -0.2) is 24.0 Å². The van der Waals surface area contributed by atoms with Crippen molar-refractivity contribution in [3.05, 3.63) is 0 Å². The molecule has 0 aliphatic carbocycles. The molecule has 3 nitrogen and oxygen atoms in total. The van der Waals surface area contributed by atoms with Crippen LogP contribution in [0.5, 0.6) is 0 Å². The predicted octanol–water partition coefficient (Wildman–Crippen LogP) is -0.968. The van der Waals surface area contributed by atoms with Crippen molar-refractivity contribution in [3.63, 3.8) is 0 Å². The summed E-state index contributed by atoms with van der Waals surface area (Å²) in [6.45, 7) is 0.627. The molecule has 1 fully saturated rings. The minimum atomic E-state index is -0.109. The molecule has 1 aliphatic heterocycles. The van der Waals surface area contributed by atoms with Gasteiger partial charge in [0.15, 0.2) is 5.11 Å². The molecule has 4 heteroatoms. The van der Waals surface area contributed by atoms with E-state index in [0.717, 1.165) is 6.29 Å². The Labute approximate surface area is 52.4 Å². The number of hydrogen-bond acceptors (Lipinski definition) is 2. The van der Waals surface area contributed by atoms with Crippen molar-refractivity contribution < 1.29 is 4.79 Å². The first-order valence-corrected chi connectivity index (χ1v) is 2.73. The van der Waals surface area contributed by atoms with Crippen molar-refractivity contribution in [1.29, 1.82) is 0 Å². The van der Waals surface area contributed by atoms with E-state index >= 15 is 0 Å². The van der Waals surface area contributed by atoms with Gasteiger partial charge in [-0.2, -0.15) is 0 Å². The molecule has 0 spiro atoms. The van der Waals surface area contributed by atoms with Crippen LogP contribution in [0.25, 0.3) is 0 Å². The molecule has 1 atom stereocenters. The van der Waals surface area contributed by atoms with Crippen LogP contribution in [0.1, 0.15) is 0 Å². The summed E-state index contributed by atoms with van der Waals surface area (Å²) in [6, 6.07) is -0.109. The Morgan fingerprint density at radius 3 is 2.88 bits per heavy atom. The highest BCUT2D eigenvalue weighted by atomic mass is 32.1. The first-order valence-electron chi connectivity index (χ1n) is 2.32. The number of hydrogen-bond donors (Lipinski definition) is 2. The second kappa shape index (κ2) is 2.09. The maximum Gasteiger partial charge on any atom is 0.167 e. The van der Waals surface area contributed by atoms with E-state index in [-0.39, 0.29) is 6.04 Å². The van der Waals surface area contributed by atoms with Crippen molar-refractivity contribution >= 4 is 23.6 Å². The minimum Gasteiger partial charge on any atom is -0.360 e. The molecule has 1 aliphatic rings. The van der Waals surface area contributed by atoms with E-state index in [9.17, 15) is 4.79 Å². The third-order valence-corrected chi connectivity index (χ3v) is 1.23. The number of aldehydes is 1. The van der Waals surface area contributed by atoms with E-state index in [1.54, 1.807) is 0 Å². The molecule has 0 saturated carbocycles. The van der Waals surface area contributed by atoms with Crippen LogP contribution in [0.4, 0.5) is 0 Å². The molecule has 2 N–H and O–H groups in total. The summed E-state index contributed by atoms with van der Waals surface area (Å²) < 4.78 is 0. The third-order valence-electron chi connectivity index (χ3n) is 0.963. The monoisotopic (exact) mass is 130 g/mol. The summed E-state index contributed by atoms with van der Waals surface area (Å²) in [5.41, 5.74) is 0. The lowest BCUT2D eigenvalue weighted by Gasteiger charge is -1.93. The molecule has 1 saturated heterocycles. The first-order chi connectivity index (χ1) is 3.83. The van der Waals surface area contributed by atoms with Crippen molar-refractivity contribution in [1.82, 2.24) is 10.6 Å². The van der Waals surface area contributed by atoms with Gasteiger partial charge in [-0.25, -0.2) is 0 Å².